The maximum Gasteiger partial charge on any atom is 0.0715 e. The van der Waals surface area contributed by atoms with Crippen molar-refractivity contribution in [3.63, 3.8) is 0 Å². The Morgan fingerprint density at radius 1 is 1.25 bits per heavy atom. The average Bonchev–Trinajstić information content (AvgIpc) is 2.17. The van der Waals surface area contributed by atoms with Crippen LogP contribution in [-0.4, -0.2) is 60.8 Å². The molecule has 1 rings (SSSR count). The highest BCUT2D eigenvalue weighted by atomic mass is 16.3. The molecule has 0 aromatic heterocycles. The lowest BCUT2D eigenvalue weighted by Gasteiger charge is -2.38. The van der Waals surface area contributed by atoms with E-state index in [-0.39, 0.29) is 11.5 Å². The van der Waals surface area contributed by atoms with E-state index in [0.29, 0.717) is 0 Å². The number of hydrogen-bond donors (Lipinski definition) is 1. The number of hydrogen-bond acceptors (Lipinski definition) is 3. The normalized spacial score (nSPS) is 22.7. The lowest BCUT2D eigenvalue weighted by Crippen LogP contribution is -2.46. The van der Waals surface area contributed by atoms with Gasteiger partial charge in [0.2, 0.25) is 0 Å². The number of aliphatic hydroxyl groups excluding tert-OH is 1. The quantitative estimate of drug-likeness (QED) is 0.791. The van der Waals surface area contributed by atoms with E-state index >= 15 is 0 Å². The fourth-order valence-electron chi connectivity index (χ4n) is 2.14. The number of likely N-dealkylation sites (tertiary alicyclic amines) is 1. The molecule has 1 N–H and O–H groups in total. The molecule has 0 radical (unpaired) electrons. The molecule has 0 spiro atoms. The van der Waals surface area contributed by atoms with E-state index in [0.717, 1.165) is 25.7 Å². The SMILES string of the molecule is CN(C)C1CCN(CC(O)C(C)(C)C)CC1. The second kappa shape index (κ2) is 5.48. The van der Waals surface area contributed by atoms with Crippen LogP contribution in [0.25, 0.3) is 0 Å². The zero-order valence-corrected chi connectivity index (χ0v) is 11.5. The van der Waals surface area contributed by atoms with E-state index in [4.69, 9.17) is 0 Å². The summed E-state index contributed by atoms with van der Waals surface area (Å²) in [6.07, 6.45) is 2.23. The summed E-state index contributed by atoms with van der Waals surface area (Å²) in [6, 6.07) is 0.725. The average molecular weight is 228 g/mol. The summed E-state index contributed by atoms with van der Waals surface area (Å²) < 4.78 is 0. The van der Waals surface area contributed by atoms with Crippen molar-refractivity contribution in [1.82, 2.24) is 9.80 Å². The third-order valence-electron chi connectivity index (χ3n) is 3.72. The second-order valence-corrected chi connectivity index (χ2v) is 6.38. The number of piperidine rings is 1. The fraction of sp³-hybridized carbons (Fsp3) is 1.00. The third kappa shape index (κ3) is 4.04. The van der Waals surface area contributed by atoms with Gasteiger partial charge in [0.1, 0.15) is 0 Å². The predicted octanol–water partition coefficient (Wildman–Crippen LogP) is 1.42. The highest BCUT2D eigenvalue weighted by Gasteiger charge is 2.27. The first-order valence-electron chi connectivity index (χ1n) is 6.37. The largest absolute Gasteiger partial charge is 0.391 e. The van der Waals surface area contributed by atoms with Gasteiger partial charge in [0.05, 0.1) is 6.10 Å². The summed E-state index contributed by atoms with van der Waals surface area (Å²) >= 11 is 0. The van der Waals surface area contributed by atoms with Crippen LogP contribution in [0.3, 0.4) is 0 Å². The van der Waals surface area contributed by atoms with E-state index < -0.39 is 0 Å². The van der Waals surface area contributed by atoms with Gasteiger partial charge in [0, 0.05) is 12.6 Å². The van der Waals surface area contributed by atoms with E-state index in [1.54, 1.807) is 0 Å². The molecule has 1 atom stereocenters. The Balaban J connectivity index is 2.32. The van der Waals surface area contributed by atoms with Crippen LogP contribution in [0.5, 0.6) is 0 Å². The number of nitrogens with zero attached hydrogens (tertiary/aromatic N) is 2. The number of aliphatic hydroxyl groups is 1. The van der Waals surface area contributed by atoms with Gasteiger partial charge in [-0.25, -0.2) is 0 Å². The van der Waals surface area contributed by atoms with Crippen LogP contribution in [0, 0.1) is 5.41 Å². The monoisotopic (exact) mass is 228 g/mol. The van der Waals surface area contributed by atoms with E-state index in [1.807, 2.05) is 0 Å². The van der Waals surface area contributed by atoms with E-state index in [9.17, 15) is 5.11 Å². The first-order valence-corrected chi connectivity index (χ1v) is 6.37. The molecular formula is C13H28N2O. The molecule has 1 heterocycles. The first-order chi connectivity index (χ1) is 7.30. The summed E-state index contributed by atoms with van der Waals surface area (Å²) in [4.78, 5) is 4.72. The van der Waals surface area contributed by atoms with Crippen LogP contribution in [0.2, 0.25) is 0 Å². The molecule has 0 bridgehead atoms. The molecule has 0 amide bonds. The Morgan fingerprint density at radius 3 is 2.12 bits per heavy atom. The predicted molar refractivity (Wildman–Crippen MR) is 68.6 cm³/mol. The van der Waals surface area contributed by atoms with Crippen molar-refractivity contribution in [2.24, 2.45) is 5.41 Å². The molecule has 96 valence electrons. The Kier molecular flexibility index (Phi) is 4.77. The first kappa shape index (κ1) is 13.9. The minimum absolute atomic E-state index is 0.00159. The molecule has 16 heavy (non-hydrogen) atoms. The number of β-amino-alcohol motifs (C(OH)–C–C–N with tert-alkyl or cyclic N) is 1. The minimum Gasteiger partial charge on any atom is -0.391 e. The van der Waals surface area contributed by atoms with Crippen LogP contribution < -0.4 is 0 Å². The van der Waals surface area contributed by atoms with Crippen LogP contribution in [0.4, 0.5) is 0 Å². The van der Waals surface area contributed by atoms with E-state index in [1.165, 1.54) is 12.8 Å². The molecular weight excluding hydrogens is 200 g/mol. The summed E-state index contributed by atoms with van der Waals surface area (Å²) in [7, 11) is 4.31. The van der Waals surface area contributed by atoms with Crippen LogP contribution in [0.15, 0.2) is 0 Å². The molecule has 0 aromatic carbocycles. The minimum atomic E-state index is -0.219. The molecule has 3 nitrogen and oxygen atoms in total. The van der Waals surface area contributed by atoms with Gasteiger partial charge < -0.3 is 14.9 Å². The lowest BCUT2D eigenvalue weighted by molar-refractivity contribution is 0.0165. The number of rotatable bonds is 3. The Morgan fingerprint density at radius 2 is 1.75 bits per heavy atom. The van der Waals surface area contributed by atoms with Crippen molar-refractivity contribution in [1.29, 1.82) is 0 Å². The Bertz CT molecular complexity index is 202. The van der Waals surface area contributed by atoms with Gasteiger partial charge in [0.25, 0.3) is 0 Å². The standard InChI is InChI=1S/C13H28N2O/c1-13(2,3)12(16)10-15-8-6-11(7-9-15)14(4)5/h11-12,16H,6-10H2,1-5H3. The zero-order valence-electron chi connectivity index (χ0n) is 11.5. The van der Waals surface area contributed by atoms with Gasteiger partial charge in [-0.1, -0.05) is 20.8 Å². The molecule has 1 aliphatic rings. The maximum absolute atomic E-state index is 10.1. The zero-order chi connectivity index (χ0) is 12.3. The van der Waals surface area contributed by atoms with Crippen LogP contribution in [-0.2, 0) is 0 Å². The summed E-state index contributed by atoms with van der Waals surface area (Å²) in [6.45, 7) is 9.37. The highest BCUT2D eigenvalue weighted by Crippen LogP contribution is 2.22. The van der Waals surface area contributed by atoms with Gasteiger partial charge in [-0.15, -0.1) is 0 Å². The molecule has 0 aliphatic carbocycles. The molecule has 1 unspecified atom stereocenters. The lowest BCUT2D eigenvalue weighted by atomic mass is 9.88. The van der Waals surface area contributed by atoms with Crippen LogP contribution >= 0.6 is 0 Å². The molecule has 1 saturated heterocycles. The molecule has 1 fully saturated rings. The van der Waals surface area contributed by atoms with Gasteiger partial charge in [-0.3, -0.25) is 0 Å². The van der Waals surface area contributed by atoms with Gasteiger partial charge >= 0.3 is 0 Å². The molecule has 0 saturated carbocycles. The van der Waals surface area contributed by atoms with Crippen molar-refractivity contribution in [2.75, 3.05) is 33.7 Å². The van der Waals surface area contributed by atoms with Crippen molar-refractivity contribution in [3.8, 4) is 0 Å². The second-order valence-electron chi connectivity index (χ2n) is 6.38. The van der Waals surface area contributed by atoms with Crippen molar-refractivity contribution < 1.29 is 5.11 Å². The molecule has 0 aromatic rings. The third-order valence-corrected chi connectivity index (χ3v) is 3.72. The summed E-state index contributed by atoms with van der Waals surface area (Å²) in [5, 5.41) is 10.1. The summed E-state index contributed by atoms with van der Waals surface area (Å²) in [5.41, 5.74) is -0.00159. The highest BCUT2D eigenvalue weighted by molar-refractivity contribution is 4.81. The smallest absolute Gasteiger partial charge is 0.0715 e. The van der Waals surface area contributed by atoms with Gasteiger partial charge in [-0.05, 0) is 45.4 Å². The molecule has 1 aliphatic heterocycles. The van der Waals surface area contributed by atoms with E-state index in [2.05, 4.69) is 44.7 Å². The maximum atomic E-state index is 10.1. The van der Waals surface area contributed by atoms with Crippen molar-refractivity contribution >= 4 is 0 Å². The molecule has 3 heteroatoms. The van der Waals surface area contributed by atoms with Crippen molar-refractivity contribution in [3.05, 3.63) is 0 Å². The van der Waals surface area contributed by atoms with Gasteiger partial charge in [-0.2, -0.15) is 0 Å². The fourth-order valence-corrected chi connectivity index (χ4v) is 2.14. The summed E-state index contributed by atoms with van der Waals surface area (Å²) in [5.74, 6) is 0. The van der Waals surface area contributed by atoms with Crippen LogP contribution in [0.1, 0.15) is 33.6 Å². The van der Waals surface area contributed by atoms with Gasteiger partial charge in [0.15, 0.2) is 0 Å². The van der Waals surface area contributed by atoms with Crippen molar-refractivity contribution in [2.45, 2.75) is 45.8 Å². The Labute approximate surface area is 100 Å². The Hall–Kier alpha value is -0.120. The topological polar surface area (TPSA) is 26.7 Å².